The Bertz CT molecular complexity index is 1350. The van der Waals surface area contributed by atoms with Crippen LogP contribution < -0.4 is 5.32 Å². The molecule has 1 saturated carbocycles. The summed E-state index contributed by atoms with van der Waals surface area (Å²) in [7, 11) is 0. The summed E-state index contributed by atoms with van der Waals surface area (Å²) in [6.07, 6.45) is -3.46. The molecule has 37 heavy (non-hydrogen) atoms. The second-order valence-corrected chi connectivity index (χ2v) is 8.73. The number of halogens is 4. The third kappa shape index (κ3) is 5.58. The van der Waals surface area contributed by atoms with Crippen LogP contribution in [0.5, 0.6) is 0 Å². The Balaban J connectivity index is 1.54. The van der Waals surface area contributed by atoms with Crippen molar-refractivity contribution in [1.29, 1.82) is 5.26 Å². The number of aliphatic carboxylic acids is 1. The molecule has 0 bridgehead atoms. The number of amides is 1. The zero-order valence-corrected chi connectivity index (χ0v) is 19.2. The maximum atomic E-state index is 14.3. The number of anilines is 1. The van der Waals surface area contributed by atoms with Crippen molar-refractivity contribution in [3.63, 3.8) is 0 Å². The van der Waals surface area contributed by atoms with Crippen molar-refractivity contribution in [2.45, 2.75) is 31.4 Å². The van der Waals surface area contributed by atoms with Crippen molar-refractivity contribution >= 4 is 17.6 Å². The highest BCUT2D eigenvalue weighted by Gasteiger charge is 2.43. The van der Waals surface area contributed by atoms with E-state index < -0.39 is 52.9 Å². The average Bonchev–Trinajstić information content (AvgIpc) is 2.89. The lowest BCUT2D eigenvalue weighted by atomic mass is 9.69. The minimum atomic E-state index is -4.74. The first-order chi connectivity index (χ1) is 17.6. The van der Waals surface area contributed by atoms with Crippen LogP contribution in [-0.2, 0) is 15.8 Å². The lowest BCUT2D eigenvalue weighted by Gasteiger charge is -2.35. The van der Waals surface area contributed by atoms with Gasteiger partial charge in [0.2, 0.25) is 5.91 Å². The van der Waals surface area contributed by atoms with Gasteiger partial charge in [0.25, 0.3) is 0 Å². The number of aromatic nitrogens is 2. The minimum absolute atomic E-state index is 0.173. The fourth-order valence-electron chi connectivity index (χ4n) is 4.67. The van der Waals surface area contributed by atoms with Gasteiger partial charge in [-0.1, -0.05) is 30.7 Å². The molecule has 1 amide bonds. The molecule has 3 atom stereocenters. The predicted octanol–water partition coefficient (Wildman–Crippen LogP) is 5.40. The number of hydrogen-bond acceptors (Lipinski definition) is 5. The SMILES string of the molecule is N#Cc1ccc(-c2ccc([C@H]3CCC[C@@H](C(=O)Nc4ccc(C(F)(F)F)cc4F)[C@@H]3C(=O)O)cc2)nn1. The first-order valence-electron chi connectivity index (χ1n) is 11.3. The summed E-state index contributed by atoms with van der Waals surface area (Å²) in [6, 6.07) is 13.8. The lowest BCUT2D eigenvalue weighted by Crippen LogP contribution is -2.40. The van der Waals surface area contributed by atoms with Crippen LogP contribution in [0.2, 0.25) is 0 Å². The van der Waals surface area contributed by atoms with E-state index >= 15 is 0 Å². The van der Waals surface area contributed by atoms with Gasteiger partial charge < -0.3 is 10.4 Å². The van der Waals surface area contributed by atoms with E-state index in [-0.39, 0.29) is 18.2 Å². The lowest BCUT2D eigenvalue weighted by molar-refractivity contribution is -0.148. The number of carbonyl (C=O) groups is 2. The molecule has 0 spiro atoms. The molecule has 11 heteroatoms. The van der Waals surface area contributed by atoms with E-state index in [1.54, 1.807) is 30.3 Å². The number of carboxylic acids is 1. The van der Waals surface area contributed by atoms with Gasteiger partial charge in [0.15, 0.2) is 5.69 Å². The fraction of sp³-hybridized carbons (Fsp3) is 0.269. The average molecular weight is 512 g/mol. The van der Waals surface area contributed by atoms with Gasteiger partial charge in [-0.3, -0.25) is 9.59 Å². The fourth-order valence-corrected chi connectivity index (χ4v) is 4.67. The summed E-state index contributed by atoms with van der Waals surface area (Å²) in [6.45, 7) is 0. The molecule has 7 nitrogen and oxygen atoms in total. The van der Waals surface area contributed by atoms with Gasteiger partial charge in [0, 0.05) is 5.56 Å². The Morgan fingerprint density at radius 2 is 1.76 bits per heavy atom. The predicted molar refractivity (Wildman–Crippen MR) is 123 cm³/mol. The van der Waals surface area contributed by atoms with Gasteiger partial charge in [-0.25, -0.2) is 4.39 Å². The monoisotopic (exact) mass is 512 g/mol. The molecule has 1 heterocycles. The summed E-state index contributed by atoms with van der Waals surface area (Å²) in [5.41, 5.74) is 0.454. The highest BCUT2D eigenvalue weighted by atomic mass is 19.4. The molecule has 1 fully saturated rings. The van der Waals surface area contributed by atoms with Crippen LogP contribution >= 0.6 is 0 Å². The first kappa shape index (κ1) is 25.8. The van der Waals surface area contributed by atoms with Gasteiger partial charge in [-0.2, -0.15) is 18.4 Å². The Labute approximate surface area is 208 Å². The van der Waals surface area contributed by atoms with Crippen LogP contribution in [0.15, 0.2) is 54.6 Å². The van der Waals surface area contributed by atoms with Gasteiger partial charge in [0.1, 0.15) is 11.9 Å². The number of carbonyl (C=O) groups excluding carboxylic acids is 1. The third-order valence-corrected chi connectivity index (χ3v) is 6.49. The summed E-state index contributed by atoms with van der Waals surface area (Å²) >= 11 is 0. The molecular formula is C26H20F4N4O3. The number of benzene rings is 2. The Morgan fingerprint density at radius 1 is 1.03 bits per heavy atom. The molecule has 190 valence electrons. The standard InChI is InChI=1S/C26H20F4N4O3/c27-20-12-16(26(28,29)30)8-10-22(20)32-24(35)19-3-1-2-18(23(19)25(36)37)14-4-6-15(7-5-14)21-11-9-17(13-31)33-34-21/h4-12,18-19,23H,1-3H2,(H,32,35)(H,36,37)/t18-,19-,23-/m1/s1. The Kier molecular flexibility index (Phi) is 7.20. The topological polar surface area (TPSA) is 116 Å². The molecule has 0 saturated heterocycles. The Morgan fingerprint density at radius 3 is 2.32 bits per heavy atom. The summed E-state index contributed by atoms with van der Waals surface area (Å²) in [5, 5.41) is 28.9. The van der Waals surface area contributed by atoms with E-state index in [1.165, 1.54) is 6.07 Å². The van der Waals surface area contributed by atoms with Crippen LogP contribution in [0.1, 0.15) is 42.0 Å². The highest BCUT2D eigenvalue weighted by Crippen LogP contribution is 2.42. The normalized spacial score (nSPS) is 19.6. The zero-order valence-electron chi connectivity index (χ0n) is 19.2. The van der Waals surface area contributed by atoms with Gasteiger partial charge in [-0.05, 0) is 54.7 Å². The van der Waals surface area contributed by atoms with Crippen molar-refractivity contribution in [1.82, 2.24) is 10.2 Å². The number of nitrogens with one attached hydrogen (secondary N) is 1. The van der Waals surface area contributed by atoms with Crippen molar-refractivity contribution in [3.8, 4) is 17.3 Å². The summed E-state index contributed by atoms with van der Waals surface area (Å²) < 4.78 is 52.7. The highest BCUT2D eigenvalue weighted by molar-refractivity contribution is 5.95. The minimum Gasteiger partial charge on any atom is -0.481 e. The van der Waals surface area contributed by atoms with Gasteiger partial charge >= 0.3 is 12.1 Å². The van der Waals surface area contributed by atoms with E-state index in [2.05, 4.69) is 15.5 Å². The van der Waals surface area contributed by atoms with Crippen molar-refractivity contribution < 1.29 is 32.3 Å². The molecule has 1 aliphatic rings. The van der Waals surface area contributed by atoms with E-state index in [4.69, 9.17) is 5.26 Å². The van der Waals surface area contributed by atoms with Crippen LogP contribution in [0.3, 0.4) is 0 Å². The van der Waals surface area contributed by atoms with Crippen molar-refractivity contribution in [2.24, 2.45) is 11.8 Å². The molecule has 4 rings (SSSR count). The number of hydrogen-bond donors (Lipinski definition) is 2. The van der Waals surface area contributed by atoms with Crippen LogP contribution in [0.25, 0.3) is 11.3 Å². The van der Waals surface area contributed by atoms with E-state index in [0.29, 0.717) is 35.7 Å². The van der Waals surface area contributed by atoms with Crippen molar-refractivity contribution in [2.75, 3.05) is 5.32 Å². The second-order valence-electron chi connectivity index (χ2n) is 8.73. The third-order valence-electron chi connectivity index (χ3n) is 6.49. The molecule has 1 aliphatic carbocycles. The largest absolute Gasteiger partial charge is 0.481 e. The number of nitrogens with zero attached hydrogens (tertiary/aromatic N) is 3. The zero-order chi connectivity index (χ0) is 26.7. The quantitative estimate of drug-likeness (QED) is 0.443. The molecule has 0 aliphatic heterocycles. The van der Waals surface area contributed by atoms with E-state index in [9.17, 15) is 32.3 Å². The maximum absolute atomic E-state index is 14.3. The van der Waals surface area contributed by atoms with Crippen LogP contribution in [0, 0.1) is 29.0 Å². The first-order valence-corrected chi connectivity index (χ1v) is 11.3. The number of alkyl halides is 3. The molecule has 3 aromatic rings. The van der Waals surface area contributed by atoms with Crippen molar-refractivity contribution in [3.05, 3.63) is 77.2 Å². The molecule has 2 aromatic carbocycles. The smallest absolute Gasteiger partial charge is 0.416 e. The van der Waals surface area contributed by atoms with E-state index in [1.807, 2.05) is 6.07 Å². The molecular weight excluding hydrogens is 492 g/mol. The molecule has 0 unspecified atom stereocenters. The Hall–Kier alpha value is -4.33. The number of rotatable bonds is 5. The second kappa shape index (κ2) is 10.3. The van der Waals surface area contributed by atoms with Gasteiger partial charge in [-0.15, -0.1) is 10.2 Å². The van der Waals surface area contributed by atoms with Crippen LogP contribution in [-0.4, -0.2) is 27.2 Å². The number of nitriles is 1. The molecule has 0 radical (unpaired) electrons. The summed E-state index contributed by atoms with van der Waals surface area (Å²) in [5.74, 6) is -5.86. The van der Waals surface area contributed by atoms with E-state index in [0.717, 1.165) is 6.07 Å². The molecule has 1 aromatic heterocycles. The molecule has 2 N–H and O–H groups in total. The number of carboxylic acid groups (broad SMARTS) is 1. The van der Waals surface area contributed by atoms with Gasteiger partial charge in [0.05, 0.1) is 28.8 Å². The summed E-state index contributed by atoms with van der Waals surface area (Å²) in [4.78, 5) is 25.2. The maximum Gasteiger partial charge on any atom is 0.416 e. The van der Waals surface area contributed by atoms with Crippen LogP contribution in [0.4, 0.5) is 23.2 Å².